The fourth-order valence-corrected chi connectivity index (χ4v) is 7.76. The number of phosphoric acid groups is 1. The minimum absolute atomic E-state index is 0.0132. The van der Waals surface area contributed by atoms with Crippen molar-refractivity contribution in [2.45, 2.75) is 211 Å². The van der Waals surface area contributed by atoms with Gasteiger partial charge in [-0.2, -0.15) is 0 Å². The average Bonchev–Trinajstić information content (AvgIpc) is 3.26. The van der Waals surface area contributed by atoms with Gasteiger partial charge in [0.25, 0.3) is 0 Å². The number of phosphoric ester groups is 1. The van der Waals surface area contributed by atoms with Gasteiger partial charge in [-0.15, -0.1) is 0 Å². The molecule has 6 N–H and O–H groups in total. The molecule has 1 rings (SSSR count). The largest absolute Gasteiger partial charge is 0.472 e. The van der Waals surface area contributed by atoms with Gasteiger partial charge in [0, 0.05) is 19.6 Å². The summed E-state index contributed by atoms with van der Waals surface area (Å²) >= 11 is 0. The lowest BCUT2D eigenvalue weighted by Gasteiger charge is -2.41. The van der Waals surface area contributed by atoms with Crippen molar-refractivity contribution in [2.75, 3.05) is 46.1 Å². The van der Waals surface area contributed by atoms with E-state index in [9.17, 15) is 34.7 Å². The van der Waals surface area contributed by atoms with Crippen molar-refractivity contribution < 1.29 is 57.9 Å². The first kappa shape index (κ1) is 59.3. The molecule has 1 heterocycles. The second kappa shape index (κ2) is 40.5. The molecule has 1 saturated heterocycles. The summed E-state index contributed by atoms with van der Waals surface area (Å²) in [5, 5.41) is 42.7. The van der Waals surface area contributed by atoms with Crippen LogP contribution in [0.4, 0.5) is 0 Å². The number of aliphatic hydroxyl groups excluding tert-OH is 3. The van der Waals surface area contributed by atoms with Crippen LogP contribution >= 0.6 is 7.82 Å². The van der Waals surface area contributed by atoms with Crippen molar-refractivity contribution in [3.8, 4) is 0 Å². The fourth-order valence-electron chi connectivity index (χ4n) is 7.01. The van der Waals surface area contributed by atoms with Crippen LogP contribution in [0.1, 0.15) is 181 Å². The van der Waals surface area contributed by atoms with Crippen molar-refractivity contribution in [1.82, 2.24) is 5.32 Å². The van der Waals surface area contributed by atoms with E-state index in [1.807, 2.05) is 0 Å². The lowest BCUT2D eigenvalue weighted by Crippen LogP contribution is -2.64. The highest BCUT2D eigenvalue weighted by Gasteiger charge is 2.48. The minimum Gasteiger partial charge on any atom is -0.457 e. The van der Waals surface area contributed by atoms with Gasteiger partial charge in [-0.3, -0.25) is 13.8 Å². The molecule has 0 spiro atoms. The number of rotatable bonds is 43. The highest BCUT2D eigenvalue weighted by Crippen LogP contribution is 2.43. The van der Waals surface area contributed by atoms with Crippen molar-refractivity contribution in [3.63, 3.8) is 0 Å². The van der Waals surface area contributed by atoms with Gasteiger partial charge in [-0.05, 0) is 57.8 Å². The van der Waals surface area contributed by atoms with E-state index < -0.39 is 50.6 Å². The molecule has 0 aromatic rings. The third kappa shape index (κ3) is 34.3. The van der Waals surface area contributed by atoms with Crippen LogP contribution in [-0.4, -0.2) is 108 Å². The maximum Gasteiger partial charge on any atom is 0.472 e. The van der Waals surface area contributed by atoms with E-state index in [1.165, 1.54) is 96.3 Å². The van der Waals surface area contributed by atoms with E-state index in [0.717, 1.165) is 57.8 Å². The van der Waals surface area contributed by atoms with Gasteiger partial charge in [0.05, 0.1) is 33.0 Å². The molecular weight excluding hydrogens is 826 g/mol. The number of ether oxygens (including phenoxy) is 3. The molecule has 1 fully saturated rings. The van der Waals surface area contributed by atoms with E-state index >= 15 is 0 Å². The molecule has 6 atom stereocenters. The number of hydrogen-bond donors (Lipinski definition) is 6. The van der Waals surface area contributed by atoms with E-state index in [-0.39, 0.29) is 39.3 Å². The zero-order chi connectivity index (χ0) is 46.1. The molecule has 0 bridgehead atoms. The Hall–Kier alpha value is -1.74. The standard InChI is InChI=1S/C49H90NO12P/c1-3-5-7-9-11-13-15-17-19-20-21-22-23-24-26-28-30-32-34-36-46(52)62-44(40-58-38-35-33-31-29-27-25-18-16-14-12-10-8-6-4-2)41-61-63(56,57)60-39-37-50-43-49(55)48(54)47(53)45(51)42-59-49/h11,13,17,19,21-22,24,26,44-45,47-48,50-51,53-55H,3-10,12,14-16,18,20,23,25,27-43H2,1-2H3,(H,56,57)/b13-11-,19-17-,22-21-,26-24-/t44-,45-,47-,48+,49-/m1/s1. The topological polar surface area (TPSA) is 193 Å². The van der Waals surface area contributed by atoms with Crippen LogP contribution in [0, 0.1) is 0 Å². The molecule has 14 heteroatoms. The molecule has 0 amide bonds. The Bertz CT molecular complexity index is 1250. The minimum atomic E-state index is -4.56. The number of hydrogen-bond acceptors (Lipinski definition) is 12. The summed E-state index contributed by atoms with van der Waals surface area (Å²) < 4.78 is 39.4. The number of carbonyl (C=O) groups excluding carboxylic acids is 1. The van der Waals surface area contributed by atoms with Crippen LogP contribution in [0.15, 0.2) is 48.6 Å². The molecule has 1 aliphatic heterocycles. The molecule has 0 saturated carbocycles. The molecule has 1 unspecified atom stereocenters. The predicted molar refractivity (Wildman–Crippen MR) is 252 cm³/mol. The molecule has 0 radical (unpaired) electrons. The molecule has 13 nitrogen and oxygen atoms in total. The summed E-state index contributed by atoms with van der Waals surface area (Å²) in [5.74, 6) is -2.60. The fraction of sp³-hybridized carbons (Fsp3) is 0.816. The Balaban J connectivity index is 2.38. The molecule has 368 valence electrons. The normalized spacial score (nSPS) is 21.0. The molecule has 0 aromatic heterocycles. The number of unbranched alkanes of at least 4 members (excludes halogenated alkanes) is 19. The highest BCUT2D eigenvalue weighted by molar-refractivity contribution is 7.47. The highest BCUT2D eigenvalue weighted by atomic mass is 31.2. The lowest BCUT2D eigenvalue weighted by atomic mass is 9.97. The van der Waals surface area contributed by atoms with Crippen LogP contribution in [-0.2, 0) is 32.6 Å². The summed E-state index contributed by atoms with van der Waals surface area (Å²) in [6, 6.07) is 0. The zero-order valence-corrected chi connectivity index (χ0v) is 40.2. The van der Waals surface area contributed by atoms with Crippen molar-refractivity contribution in [1.29, 1.82) is 0 Å². The molecular formula is C49H90NO12P. The summed E-state index contributed by atoms with van der Waals surface area (Å²) in [5.41, 5.74) is 0. The summed E-state index contributed by atoms with van der Waals surface area (Å²) in [6.45, 7) is 3.47. The van der Waals surface area contributed by atoms with Gasteiger partial charge in [0.2, 0.25) is 5.79 Å². The molecule has 0 aromatic carbocycles. The molecule has 63 heavy (non-hydrogen) atoms. The van der Waals surface area contributed by atoms with Crippen LogP contribution < -0.4 is 5.32 Å². The van der Waals surface area contributed by atoms with Gasteiger partial charge in [-0.25, -0.2) is 4.57 Å². The number of aliphatic hydroxyl groups is 4. The summed E-state index contributed by atoms with van der Waals surface area (Å²) in [7, 11) is -4.56. The molecule has 1 aliphatic rings. The second-order valence-corrected chi connectivity index (χ2v) is 18.4. The number of allylic oxidation sites excluding steroid dienone is 8. The Kier molecular flexibility index (Phi) is 38.1. The van der Waals surface area contributed by atoms with Gasteiger partial charge in [0.15, 0.2) is 0 Å². The maximum absolute atomic E-state index is 12.8. The molecule has 0 aliphatic carbocycles. The monoisotopic (exact) mass is 916 g/mol. The third-order valence-electron chi connectivity index (χ3n) is 11.0. The maximum atomic E-state index is 12.8. The SMILES string of the molecule is CCCCC/C=C\C/C=C\C/C=C\C/C=C\CCCCCC(=O)O[C@H](COCCCCCCCCCCCCCCCC)COP(=O)(O)OCCNC[C@@]1(O)OC[C@@H](O)[C@@H](O)[C@@H]1O. The number of carbonyl (C=O) groups is 1. The van der Waals surface area contributed by atoms with Gasteiger partial charge in [0.1, 0.15) is 24.4 Å². The summed E-state index contributed by atoms with van der Waals surface area (Å²) in [4.78, 5) is 23.1. The first-order valence-corrected chi connectivity index (χ1v) is 26.1. The Labute approximate surface area is 381 Å². The predicted octanol–water partition coefficient (Wildman–Crippen LogP) is 9.85. The second-order valence-electron chi connectivity index (χ2n) is 16.9. The lowest BCUT2D eigenvalue weighted by molar-refractivity contribution is -0.317. The van der Waals surface area contributed by atoms with E-state index in [1.54, 1.807) is 0 Å². The van der Waals surface area contributed by atoms with E-state index in [0.29, 0.717) is 13.0 Å². The van der Waals surface area contributed by atoms with Crippen LogP contribution in [0.3, 0.4) is 0 Å². The smallest absolute Gasteiger partial charge is 0.457 e. The average molecular weight is 916 g/mol. The van der Waals surface area contributed by atoms with Crippen LogP contribution in [0.25, 0.3) is 0 Å². The van der Waals surface area contributed by atoms with Crippen LogP contribution in [0.5, 0.6) is 0 Å². The first-order chi connectivity index (χ1) is 30.5. The number of nitrogens with one attached hydrogen (secondary N) is 1. The van der Waals surface area contributed by atoms with Crippen molar-refractivity contribution in [3.05, 3.63) is 48.6 Å². The van der Waals surface area contributed by atoms with Gasteiger partial charge in [-0.1, -0.05) is 165 Å². The van der Waals surface area contributed by atoms with E-state index in [4.69, 9.17) is 23.3 Å². The zero-order valence-electron chi connectivity index (χ0n) is 39.3. The Morgan fingerprint density at radius 2 is 1.17 bits per heavy atom. The Morgan fingerprint density at radius 3 is 1.75 bits per heavy atom. The third-order valence-corrected chi connectivity index (χ3v) is 12.0. The number of esters is 1. The van der Waals surface area contributed by atoms with Crippen LogP contribution in [0.2, 0.25) is 0 Å². The van der Waals surface area contributed by atoms with Crippen molar-refractivity contribution in [2.24, 2.45) is 0 Å². The Morgan fingerprint density at radius 1 is 0.683 bits per heavy atom. The van der Waals surface area contributed by atoms with Gasteiger partial charge < -0.3 is 44.8 Å². The van der Waals surface area contributed by atoms with Gasteiger partial charge >= 0.3 is 13.8 Å². The summed E-state index contributed by atoms with van der Waals surface area (Å²) in [6.07, 6.45) is 41.0. The van der Waals surface area contributed by atoms with Crippen molar-refractivity contribution >= 4 is 13.8 Å². The first-order valence-electron chi connectivity index (χ1n) is 24.6. The van der Waals surface area contributed by atoms with E-state index in [2.05, 4.69) is 67.8 Å². The quantitative estimate of drug-likeness (QED) is 0.0147.